The maximum Gasteiger partial charge on any atom is 0.269 e. The van der Waals surface area contributed by atoms with Crippen molar-refractivity contribution in [2.24, 2.45) is 5.92 Å². The van der Waals surface area contributed by atoms with Gasteiger partial charge in [-0.15, -0.1) is 0 Å². The maximum atomic E-state index is 12.2. The van der Waals surface area contributed by atoms with Crippen LogP contribution in [0.15, 0.2) is 41.5 Å². The van der Waals surface area contributed by atoms with Crippen LogP contribution < -0.4 is 15.8 Å². The largest absolute Gasteiger partial charge is 0.364 e. The summed E-state index contributed by atoms with van der Waals surface area (Å²) < 4.78 is 0. The van der Waals surface area contributed by atoms with Gasteiger partial charge in [-0.05, 0) is 55.0 Å². The Morgan fingerprint density at radius 2 is 2.03 bits per heavy atom. The molecule has 0 radical (unpaired) electrons. The van der Waals surface area contributed by atoms with Gasteiger partial charge in [-0.25, -0.2) is 4.98 Å². The molecule has 1 saturated heterocycles. The van der Waals surface area contributed by atoms with Crippen molar-refractivity contribution in [3.05, 3.63) is 63.8 Å². The van der Waals surface area contributed by atoms with Gasteiger partial charge >= 0.3 is 0 Å². The number of H-pyrrole nitrogens is 1. The Bertz CT molecular complexity index is 1220. The van der Waals surface area contributed by atoms with E-state index in [2.05, 4.69) is 36.1 Å². The number of nitrogens with one attached hydrogen (secondary N) is 2. The first-order valence-electron chi connectivity index (χ1n) is 11.7. The van der Waals surface area contributed by atoms with Gasteiger partial charge in [0.05, 0.1) is 22.9 Å². The predicted molar refractivity (Wildman–Crippen MR) is 129 cm³/mol. The van der Waals surface area contributed by atoms with Crippen LogP contribution in [0.25, 0.3) is 11.0 Å². The Morgan fingerprint density at radius 1 is 1.18 bits per heavy atom. The van der Waals surface area contributed by atoms with E-state index in [1.165, 1.54) is 12.8 Å². The molecule has 3 aromatic rings. The molecule has 0 aromatic carbocycles. The van der Waals surface area contributed by atoms with Crippen LogP contribution >= 0.6 is 0 Å². The average Bonchev–Trinajstić information content (AvgIpc) is 3.69. The van der Waals surface area contributed by atoms with Crippen LogP contribution in [0.2, 0.25) is 0 Å². The predicted octanol–water partition coefficient (Wildman–Crippen LogP) is 2.34. The Morgan fingerprint density at radius 3 is 2.73 bits per heavy atom. The minimum absolute atomic E-state index is 0.0255. The fraction of sp³-hybridized carbons (Fsp3) is 0.440. The second kappa shape index (κ2) is 8.94. The number of hydrogen-bond acceptors (Lipinski definition) is 6. The zero-order chi connectivity index (χ0) is 22.9. The van der Waals surface area contributed by atoms with Gasteiger partial charge in [0.2, 0.25) is 0 Å². The number of aromatic nitrogens is 3. The van der Waals surface area contributed by atoms with Crippen LogP contribution in [-0.2, 0) is 13.0 Å². The Kier molecular flexibility index (Phi) is 5.85. The van der Waals surface area contributed by atoms with Crippen molar-refractivity contribution in [3.8, 4) is 0 Å². The SMILES string of the molecule is CCc1cc2ncc(CN3CCN(c4ccc(C(=O)NC)nc4)C(C4CC4)C3)cc2[nH]c1=O. The van der Waals surface area contributed by atoms with Gasteiger partial charge in [0.25, 0.3) is 11.5 Å². The summed E-state index contributed by atoms with van der Waals surface area (Å²) in [5.74, 6) is 0.534. The highest BCUT2D eigenvalue weighted by Crippen LogP contribution is 2.38. The molecule has 0 spiro atoms. The van der Waals surface area contributed by atoms with Crippen molar-refractivity contribution >= 4 is 22.6 Å². The highest BCUT2D eigenvalue weighted by molar-refractivity contribution is 5.92. The van der Waals surface area contributed by atoms with E-state index in [0.29, 0.717) is 24.1 Å². The summed E-state index contributed by atoms with van der Waals surface area (Å²) in [7, 11) is 1.62. The van der Waals surface area contributed by atoms with E-state index < -0.39 is 0 Å². The molecule has 1 atom stereocenters. The number of aryl methyl sites for hydroxylation is 1. The van der Waals surface area contributed by atoms with Crippen molar-refractivity contribution in [3.63, 3.8) is 0 Å². The van der Waals surface area contributed by atoms with Gasteiger partial charge in [-0.1, -0.05) is 6.92 Å². The standard InChI is InChI=1S/C25H30N6O2/c1-3-17-11-21-22(29-24(17)32)10-16(12-27-21)14-30-8-9-31(23(15-30)18-4-5-18)19-6-7-20(28-13-19)25(33)26-2/h6-7,10-13,18,23H,3-5,8-9,14-15H2,1-2H3,(H,26,33)(H,29,32). The molecule has 5 rings (SSSR count). The molecule has 1 aliphatic heterocycles. The number of hydrogen-bond donors (Lipinski definition) is 2. The lowest BCUT2D eigenvalue weighted by atomic mass is 10.0. The van der Waals surface area contributed by atoms with Crippen molar-refractivity contribution in [1.29, 1.82) is 0 Å². The van der Waals surface area contributed by atoms with Gasteiger partial charge in [0.15, 0.2) is 0 Å². The molecule has 2 N–H and O–H groups in total. The number of fused-ring (bicyclic) bond motifs is 1. The van der Waals surface area contributed by atoms with Crippen molar-refractivity contribution < 1.29 is 4.79 Å². The number of pyridine rings is 3. The summed E-state index contributed by atoms with van der Waals surface area (Å²) in [6, 6.07) is 8.20. The smallest absolute Gasteiger partial charge is 0.269 e. The quantitative estimate of drug-likeness (QED) is 0.604. The fourth-order valence-corrected chi connectivity index (χ4v) is 4.81. The summed E-state index contributed by atoms with van der Waals surface area (Å²) in [5.41, 5.74) is 5.01. The second-order valence-corrected chi connectivity index (χ2v) is 9.07. The molecule has 2 fully saturated rings. The minimum atomic E-state index is -0.165. The van der Waals surface area contributed by atoms with Gasteiger partial charge < -0.3 is 15.2 Å². The Balaban J connectivity index is 1.31. The Labute approximate surface area is 193 Å². The summed E-state index contributed by atoms with van der Waals surface area (Å²) >= 11 is 0. The first-order valence-corrected chi connectivity index (χ1v) is 11.7. The zero-order valence-electron chi connectivity index (χ0n) is 19.2. The van der Waals surface area contributed by atoms with Crippen LogP contribution in [0, 0.1) is 5.92 Å². The van der Waals surface area contributed by atoms with E-state index in [9.17, 15) is 9.59 Å². The van der Waals surface area contributed by atoms with Crippen LogP contribution in [0.3, 0.4) is 0 Å². The fourth-order valence-electron chi connectivity index (χ4n) is 4.81. The molecule has 1 amide bonds. The molecule has 172 valence electrons. The highest BCUT2D eigenvalue weighted by Gasteiger charge is 2.39. The van der Waals surface area contributed by atoms with Gasteiger partial charge in [0.1, 0.15) is 5.69 Å². The number of rotatable bonds is 6. The molecule has 8 heteroatoms. The second-order valence-electron chi connectivity index (χ2n) is 9.07. The summed E-state index contributed by atoms with van der Waals surface area (Å²) in [6.45, 7) is 5.62. The average molecular weight is 447 g/mol. The third-order valence-corrected chi connectivity index (χ3v) is 6.82. The van der Waals surface area contributed by atoms with Gasteiger partial charge in [-0.3, -0.25) is 19.5 Å². The molecule has 0 bridgehead atoms. The number of anilines is 1. The molecule has 1 unspecified atom stereocenters. The number of aromatic amines is 1. The number of amides is 1. The lowest BCUT2D eigenvalue weighted by Gasteiger charge is -2.43. The molecule has 8 nitrogen and oxygen atoms in total. The van der Waals surface area contributed by atoms with Crippen molar-refractivity contribution in [2.45, 2.75) is 38.8 Å². The minimum Gasteiger partial charge on any atom is -0.364 e. The summed E-state index contributed by atoms with van der Waals surface area (Å²) in [4.78, 5) is 40.9. The lowest BCUT2D eigenvalue weighted by molar-refractivity contribution is 0.0958. The molecule has 4 heterocycles. The highest BCUT2D eigenvalue weighted by atomic mass is 16.1. The van der Waals surface area contributed by atoms with E-state index in [4.69, 9.17) is 0 Å². The maximum absolute atomic E-state index is 12.2. The van der Waals surface area contributed by atoms with Crippen molar-refractivity contribution in [2.75, 3.05) is 31.6 Å². The van der Waals surface area contributed by atoms with Crippen molar-refractivity contribution in [1.82, 2.24) is 25.2 Å². The van der Waals surface area contributed by atoms with Crippen LogP contribution in [0.4, 0.5) is 5.69 Å². The first-order chi connectivity index (χ1) is 16.1. The van der Waals surface area contributed by atoms with Crippen LogP contribution in [0.5, 0.6) is 0 Å². The number of carbonyl (C=O) groups excluding carboxylic acids is 1. The van der Waals surface area contributed by atoms with E-state index in [0.717, 1.165) is 54.0 Å². The summed E-state index contributed by atoms with van der Waals surface area (Å²) in [5, 5.41) is 2.62. The van der Waals surface area contributed by atoms with E-state index in [1.807, 2.05) is 31.5 Å². The summed E-state index contributed by atoms with van der Waals surface area (Å²) in [6.07, 6.45) is 6.98. The van der Waals surface area contributed by atoms with Crippen LogP contribution in [-0.4, -0.2) is 58.5 Å². The molecule has 3 aromatic heterocycles. The Hall–Kier alpha value is -3.26. The molecular weight excluding hydrogens is 416 g/mol. The van der Waals surface area contributed by atoms with Gasteiger partial charge in [-0.2, -0.15) is 0 Å². The topological polar surface area (TPSA) is 94.2 Å². The first kappa shape index (κ1) is 21.6. The van der Waals surface area contributed by atoms with Gasteiger partial charge in [0, 0.05) is 51.0 Å². The third-order valence-electron chi connectivity index (χ3n) is 6.82. The zero-order valence-corrected chi connectivity index (χ0v) is 19.2. The molecule has 1 saturated carbocycles. The lowest BCUT2D eigenvalue weighted by Crippen LogP contribution is -2.54. The van der Waals surface area contributed by atoms with Crippen LogP contribution in [0.1, 0.15) is 41.4 Å². The molecule has 1 aliphatic carbocycles. The monoisotopic (exact) mass is 446 g/mol. The van der Waals surface area contributed by atoms with E-state index in [1.54, 1.807) is 13.1 Å². The molecule has 2 aliphatic rings. The number of carbonyl (C=O) groups is 1. The van der Waals surface area contributed by atoms with E-state index >= 15 is 0 Å². The molecular formula is C25H30N6O2. The third kappa shape index (κ3) is 4.48. The van der Waals surface area contributed by atoms with E-state index in [-0.39, 0.29) is 11.5 Å². The normalized spacial score (nSPS) is 19.1. The number of nitrogens with zero attached hydrogens (tertiary/aromatic N) is 4. The number of piperazine rings is 1. The molecule has 33 heavy (non-hydrogen) atoms.